The molecule has 0 unspecified atom stereocenters. The fraction of sp³-hybridized carbons (Fsp3) is 0.208. The Labute approximate surface area is 176 Å². The monoisotopic (exact) mass is 404 g/mol. The molecule has 1 N–H and O–H groups in total. The smallest absolute Gasteiger partial charge is 0.270 e. The molecule has 6 nitrogen and oxygen atoms in total. The van der Waals surface area contributed by atoms with E-state index < -0.39 is 0 Å². The van der Waals surface area contributed by atoms with Crippen LogP contribution in [0.15, 0.2) is 60.7 Å². The predicted octanol–water partition coefficient (Wildman–Crippen LogP) is 4.29. The lowest BCUT2D eigenvalue weighted by molar-refractivity contribution is 0.0953. The van der Waals surface area contributed by atoms with Gasteiger partial charge in [0.25, 0.3) is 5.91 Å². The van der Waals surface area contributed by atoms with Crippen molar-refractivity contribution >= 4 is 17.3 Å². The van der Waals surface area contributed by atoms with E-state index in [1.54, 1.807) is 12.1 Å². The maximum atomic E-state index is 13.3. The minimum Gasteiger partial charge on any atom is -0.493 e. The van der Waals surface area contributed by atoms with Crippen LogP contribution in [0.4, 0.5) is 11.4 Å². The van der Waals surface area contributed by atoms with Crippen LogP contribution < -0.4 is 24.6 Å². The van der Waals surface area contributed by atoms with Crippen LogP contribution in [-0.4, -0.2) is 27.2 Å². The van der Waals surface area contributed by atoms with E-state index in [0.717, 1.165) is 24.2 Å². The number of hydrogen-bond donors (Lipinski definition) is 1. The maximum absolute atomic E-state index is 13.3. The number of carbonyl (C=O) groups excluding carboxylic acids is 1. The molecule has 3 aromatic carbocycles. The van der Waals surface area contributed by atoms with E-state index in [0.29, 0.717) is 22.8 Å². The molecule has 1 aliphatic heterocycles. The van der Waals surface area contributed by atoms with Gasteiger partial charge in [-0.2, -0.15) is 0 Å². The molecule has 4 rings (SSSR count). The molecular formula is C24H24N2O4. The Hall–Kier alpha value is -3.67. The van der Waals surface area contributed by atoms with E-state index in [9.17, 15) is 4.79 Å². The van der Waals surface area contributed by atoms with Crippen LogP contribution in [0.25, 0.3) is 0 Å². The molecule has 1 amide bonds. The first kappa shape index (κ1) is 19.6. The van der Waals surface area contributed by atoms with Crippen molar-refractivity contribution in [3.63, 3.8) is 0 Å². The minimum absolute atomic E-state index is 0.277. The van der Waals surface area contributed by atoms with Gasteiger partial charge in [0.1, 0.15) is 0 Å². The third-order valence-corrected chi connectivity index (χ3v) is 5.27. The second-order valence-electron chi connectivity index (χ2n) is 6.95. The molecule has 0 saturated carbocycles. The summed E-state index contributed by atoms with van der Waals surface area (Å²) in [6, 6.07) is 19.5. The highest BCUT2D eigenvalue weighted by molar-refractivity contribution is 5.97. The van der Waals surface area contributed by atoms with Gasteiger partial charge in [-0.1, -0.05) is 36.4 Å². The van der Waals surface area contributed by atoms with Crippen molar-refractivity contribution in [1.29, 1.82) is 0 Å². The van der Waals surface area contributed by atoms with Crippen molar-refractivity contribution < 1.29 is 19.0 Å². The average molecular weight is 404 g/mol. The normalized spacial score (nSPS) is 12.3. The summed E-state index contributed by atoms with van der Waals surface area (Å²) < 4.78 is 16.1. The molecule has 154 valence electrons. The lowest BCUT2D eigenvalue weighted by Gasteiger charge is -2.27. The van der Waals surface area contributed by atoms with Crippen LogP contribution in [0.2, 0.25) is 0 Å². The molecule has 0 bridgehead atoms. The molecule has 3 aromatic rings. The number of ether oxygens (including phenoxy) is 3. The number of carbonyl (C=O) groups is 1. The van der Waals surface area contributed by atoms with Crippen LogP contribution >= 0.6 is 0 Å². The first-order valence-electron chi connectivity index (χ1n) is 9.73. The van der Waals surface area contributed by atoms with Crippen LogP contribution in [0.1, 0.15) is 21.5 Å². The second kappa shape index (κ2) is 8.37. The molecule has 1 aliphatic rings. The van der Waals surface area contributed by atoms with E-state index in [1.807, 2.05) is 41.4 Å². The molecule has 1 heterocycles. The van der Waals surface area contributed by atoms with Gasteiger partial charge in [0, 0.05) is 5.56 Å². The van der Waals surface area contributed by atoms with Gasteiger partial charge in [-0.05, 0) is 48.2 Å². The number of benzene rings is 3. The van der Waals surface area contributed by atoms with Crippen LogP contribution in [0, 0.1) is 0 Å². The third kappa shape index (κ3) is 3.52. The Balaban J connectivity index is 1.75. The average Bonchev–Trinajstić information content (AvgIpc) is 2.95. The Morgan fingerprint density at radius 1 is 0.800 bits per heavy atom. The molecule has 30 heavy (non-hydrogen) atoms. The van der Waals surface area contributed by atoms with Gasteiger partial charge in [0.15, 0.2) is 11.5 Å². The highest BCUT2D eigenvalue weighted by Gasteiger charge is 2.24. The number of hydrazine groups is 1. The quantitative estimate of drug-likeness (QED) is 0.687. The van der Waals surface area contributed by atoms with Gasteiger partial charge >= 0.3 is 0 Å². The Bertz CT molecular complexity index is 1010. The molecule has 0 fully saturated rings. The summed E-state index contributed by atoms with van der Waals surface area (Å²) in [6.07, 6.45) is 1.81. The third-order valence-electron chi connectivity index (χ3n) is 5.27. The summed E-state index contributed by atoms with van der Waals surface area (Å²) in [4.78, 5) is 13.3. The van der Waals surface area contributed by atoms with Gasteiger partial charge in [-0.15, -0.1) is 0 Å². The van der Waals surface area contributed by atoms with Gasteiger partial charge in [0.05, 0.1) is 32.7 Å². The zero-order valence-corrected chi connectivity index (χ0v) is 17.3. The number of anilines is 2. The highest BCUT2D eigenvalue weighted by Crippen LogP contribution is 2.39. The number of hydrogen-bond acceptors (Lipinski definition) is 5. The topological polar surface area (TPSA) is 60.0 Å². The Morgan fingerprint density at radius 2 is 1.30 bits per heavy atom. The lowest BCUT2D eigenvalue weighted by Crippen LogP contribution is -2.39. The summed E-state index contributed by atoms with van der Waals surface area (Å²) in [6.45, 7) is 0. The van der Waals surface area contributed by atoms with Gasteiger partial charge in [-0.25, -0.2) is 0 Å². The summed E-state index contributed by atoms with van der Waals surface area (Å²) in [5.41, 5.74) is 7.76. The van der Waals surface area contributed by atoms with Crippen molar-refractivity contribution in [3.8, 4) is 17.2 Å². The predicted molar refractivity (Wildman–Crippen MR) is 116 cm³/mol. The van der Waals surface area contributed by atoms with E-state index >= 15 is 0 Å². The molecule has 0 spiro atoms. The van der Waals surface area contributed by atoms with Crippen LogP contribution in [0.3, 0.4) is 0 Å². The molecule has 0 aromatic heterocycles. The standard InChI is InChI=1S/C24H24N2O4/c1-28-21-14-18(15-22(29-2)23(21)30-3)24(27)25-26-19-10-6-4-8-16(19)12-13-17-9-5-7-11-20(17)26/h4-11,14-15H,12-13H2,1-3H3,(H,25,27). The van der Waals surface area contributed by atoms with Crippen molar-refractivity contribution in [2.75, 3.05) is 26.3 Å². The summed E-state index contributed by atoms with van der Waals surface area (Å²) >= 11 is 0. The molecule has 0 radical (unpaired) electrons. The molecular weight excluding hydrogens is 380 g/mol. The largest absolute Gasteiger partial charge is 0.493 e. The number of aryl methyl sites for hydroxylation is 2. The lowest BCUT2D eigenvalue weighted by atomic mass is 10.0. The fourth-order valence-electron chi connectivity index (χ4n) is 3.78. The first-order valence-corrected chi connectivity index (χ1v) is 9.73. The maximum Gasteiger partial charge on any atom is 0.270 e. The Morgan fingerprint density at radius 3 is 1.77 bits per heavy atom. The van der Waals surface area contributed by atoms with Crippen molar-refractivity contribution in [2.45, 2.75) is 12.8 Å². The number of amides is 1. The second-order valence-corrected chi connectivity index (χ2v) is 6.95. The highest BCUT2D eigenvalue weighted by atomic mass is 16.5. The number of rotatable bonds is 5. The zero-order valence-electron chi connectivity index (χ0n) is 17.3. The molecule has 0 saturated heterocycles. The Kier molecular flexibility index (Phi) is 5.48. The number of methoxy groups -OCH3 is 3. The van der Waals surface area contributed by atoms with Crippen LogP contribution in [0.5, 0.6) is 17.2 Å². The number of para-hydroxylation sites is 2. The number of fused-ring (bicyclic) bond motifs is 2. The molecule has 0 aliphatic carbocycles. The van der Waals surface area contributed by atoms with Crippen molar-refractivity contribution in [1.82, 2.24) is 5.43 Å². The van der Waals surface area contributed by atoms with E-state index in [4.69, 9.17) is 14.2 Å². The fourth-order valence-corrected chi connectivity index (χ4v) is 3.78. The molecule has 6 heteroatoms. The van der Waals surface area contributed by atoms with Gasteiger partial charge < -0.3 is 14.2 Å². The number of nitrogens with one attached hydrogen (secondary N) is 1. The SMILES string of the molecule is COc1cc(C(=O)NN2c3ccccc3CCc3ccccc32)cc(OC)c1OC. The van der Waals surface area contributed by atoms with Crippen LogP contribution in [-0.2, 0) is 12.8 Å². The molecule has 0 atom stereocenters. The first-order chi connectivity index (χ1) is 14.7. The minimum atomic E-state index is -0.277. The summed E-state index contributed by atoms with van der Waals surface area (Å²) in [7, 11) is 4.59. The number of nitrogens with zero attached hydrogens (tertiary/aromatic N) is 1. The zero-order chi connectivity index (χ0) is 21.1. The van der Waals surface area contributed by atoms with E-state index in [2.05, 4.69) is 17.6 Å². The summed E-state index contributed by atoms with van der Waals surface area (Å²) in [5, 5.41) is 1.86. The van der Waals surface area contributed by atoms with E-state index in [-0.39, 0.29) is 5.91 Å². The van der Waals surface area contributed by atoms with Crippen molar-refractivity contribution in [2.24, 2.45) is 0 Å². The van der Waals surface area contributed by atoms with E-state index in [1.165, 1.54) is 32.5 Å². The summed E-state index contributed by atoms with van der Waals surface area (Å²) in [5.74, 6) is 1.03. The van der Waals surface area contributed by atoms with Gasteiger partial charge in [-0.3, -0.25) is 15.2 Å². The van der Waals surface area contributed by atoms with Crippen molar-refractivity contribution in [3.05, 3.63) is 77.4 Å². The van der Waals surface area contributed by atoms with Gasteiger partial charge in [0.2, 0.25) is 5.75 Å².